The van der Waals surface area contributed by atoms with Crippen molar-refractivity contribution in [2.75, 3.05) is 38.1 Å². The average Bonchev–Trinajstić information content (AvgIpc) is 3.28. The van der Waals surface area contributed by atoms with Gasteiger partial charge in [-0.3, -0.25) is 9.48 Å². The van der Waals surface area contributed by atoms with Crippen LogP contribution in [0.25, 0.3) is 0 Å². The number of alkyl halides is 2. The quantitative estimate of drug-likeness (QED) is 0.482. The Bertz CT molecular complexity index is 1110. The highest BCUT2D eigenvalue weighted by Gasteiger charge is 2.34. The van der Waals surface area contributed by atoms with Gasteiger partial charge in [-0.2, -0.15) is 5.10 Å². The minimum absolute atomic E-state index is 0.0632. The van der Waals surface area contributed by atoms with Crippen molar-refractivity contribution in [1.82, 2.24) is 19.6 Å². The molecule has 1 aromatic heterocycles. The molecule has 0 N–H and O–H groups in total. The van der Waals surface area contributed by atoms with Gasteiger partial charge in [-0.25, -0.2) is 8.78 Å². The summed E-state index contributed by atoms with van der Waals surface area (Å²) in [7, 11) is 2.15. The molecule has 0 spiro atoms. The summed E-state index contributed by atoms with van der Waals surface area (Å²) in [5, 5.41) is 5.15. The Morgan fingerprint density at radius 1 is 1.11 bits per heavy atom. The molecule has 0 unspecified atom stereocenters. The maximum Gasteiger partial charge on any atom is 0.264 e. The Balaban J connectivity index is 0.000000748. The number of rotatable bonds is 3. The van der Waals surface area contributed by atoms with Gasteiger partial charge in [-0.1, -0.05) is 19.9 Å². The summed E-state index contributed by atoms with van der Waals surface area (Å²) in [6.45, 7) is 12.9. The van der Waals surface area contributed by atoms with E-state index in [1.165, 1.54) is 12.6 Å². The summed E-state index contributed by atoms with van der Waals surface area (Å²) in [6, 6.07) is 3.93. The first-order valence-corrected chi connectivity index (χ1v) is 13.9. The normalized spacial score (nSPS) is 17.6. The number of aldehydes is 1. The molecule has 0 aliphatic carbocycles. The summed E-state index contributed by atoms with van der Waals surface area (Å²) in [4.78, 5) is 27.4. The molecule has 9 heteroatoms. The van der Waals surface area contributed by atoms with Crippen LogP contribution in [-0.2, 0) is 29.0 Å². The lowest BCUT2D eigenvalue weighted by Gasteiger charge is -2.33. The van der Waals surface area contributed by atoms with Gasteiger partial charge in [0.05, 0.1) is 12.6 Å². The van der Waals surface area contributed by atoms with Crippen LogP contribution in [0.4, 0.5) is 20.3 Å². The molecule has 1 saturated heterocycles. The highest BCUT2D eigenvalue weighted by molar-refractivity contribution is 5.75. The predicted octanol–water partition coefficient (Wildman–Crippen LogP) is 5.62. The third-order valence-corrected chi connectivity index (χ3v) is 7.62. The number of likely N-dealkylation sites (tertiary alicyclic amines) is 1. The Morgan fingerprint density at radius 2 is 1.76 bits per heavy atom. The van der Waals surface area contributed by atoms with Crippen LogP contribution >= 0.6 is 0 Å². The lowest BCUT2D eigenvalue weighted by Crippen LogP contribution is -2.36. The molecule has 0 atom stereocenters. The predicted molar refractivity (Wildman–Crippen MR) is 147 cm³/mol. The fourth-order valence-electron chi connectivity index (χ4n) is 5.68. The van der Waals surface area contributed by atoms with Gasteiger partial charge < -0.3 is 19.5 Å². The van der Waals surface area contributed by atoms with E-state index in [9.17, 15) is 13.6 Å². The van der Waals surface area contributed by atoms with Gasteiger partial charge in [0.1, 0.15) is 6.29 Å². The van der Waals surface area contributed by atoms with Crippen LogP contribution in [-0.4, -0.2) is 65.0 Å². The van der Waals surface area contributed by atoms with Gasteiger partial charge in [-0.05, 0) is 76.9 Å². The fraction of sp³-hybridized carbons (Fsp3) is 0.621. The maximum absolute atomic E-state index is 13.7. The molecule has 1 fully saturated rings. The number of aromatic nitrogens is 2. The molecule has 3 aliphatic rings. The van der Waals surface area contributed by atoms with E-state index in [0.29, 0.717) is 24.7 Å². The van der Waals surface area contributed by atoms with E-state index >= 15 is 0 Å². The van der Waals surface area contributed by atoms with Crippen molar-refractivity contribution in [3.63, 3.8) is 0 Å². The molecule has 210 valence electrons. The smallest absolute Gasteiger partial charge is 0.264 e. The number of hydrogen-bond acceptors (Lipinski definition) is 5. The van der Waals surface area contributed by atoms with Crippen LogP contribution < -0.4 is 4.90 Å². The molecule has 38 heavy (non-hydrogen) atoms. The third kappa shape index (κ3) is 6.25. The van der Waals surface area contributed by atoms with E-state index < -0.39 is 6.43 Å². The van der Waals surface area contributed by atoms with Crippen LogP contribution in [0.15, 0.2) is 12.1 Å². The van der Waals surface area contributed by atoms with E-state index in [2.05, 4.69) is 21.5 Å². The summed E-state index contributed by atoms with van der Waals surface area (Å²) < 4.78 is 29.7. The van der Waals surface area contributed by atoms with Gasteiger partial charge in [0.15, 0.2) is 5.82 Å². The van der Waals surface area contributed by atoms with Crippen molar-refractivity contribution in [2.24, 2.45) is 0 Å². The van der Waals surface area contributed by atoms with Gasteiger partial charge in [-0.15, -0.1) is 0 Å². The Kier molecular flexibility index (Phi) is 10.4. The van der Waals surface area contributed by atoms with Crippen molar-refractivity contribution < 1.29 is 18.4 Å². The zero-order valence-electron chi connectivity index (χ0n) is 23.8. The van der Waals surface area contributed by atoms with Crippen molar-refractivity contribution in [2.45, 2.75) is 85.7 Å². The number of aryl methyl sites for hydroxylation is 2. The first-order valence-electron chi connectivity index (χ1n) is 13.9. The lowest BCUT2D eigenvalue weighted by atomic mass is 9.95. The first kappa shape index (κ1) is 29.7. The topological polar surface area (TPSA) is 61.7 Å². The van der Waals surface area contributed by atoms with E-state index in [1.54, 1.807) is 19.9 Å². The minimum atomic E-state index is -2.50. The SMILES string of the molecule is CC.CC(=O)N1CCc2c(c(N3CCCc4cc(C)c(C(F)F)cc43)nn2C2CCN(C)CC2)C1.CC=O. The molecule has 1 aromatic carbocycles. The Morgan fingerprint density at radius 3 is 2.37 bits per heavy atom. The fourth-order valence-corrected chi connectivity index (χ4v) is 5.68. The molecular formula is C29H43F2N5O2. The lowest BCUT2D eigenvalue weighted by molar-refractivity contribution is -0.129. The van der Waals surface area contributed by atoms with Crippen LogP contribution in [0.2, 0.25) is 0 Å². The standard InChI is InChI=1S/C25H33F2N5O.C2H4O.C2H6/c1-16-13-18-5-4-9-31(23(18)14-20(16)24(26)27)25-21-15-30(17(2)33)12-8-22(21)32(28-25)19-6-10-29(3)11-7-19;1-2-3;1-2/h13-14,19,24H,4-12,15H2,1-3H3;2H,1H3;1-2H3. The maximum atomic E-state index is 13.7. The zero-order valence-corrected chi connectivity index (χ0v) is 23.8. The van der Waals surface area contributed by atoms with Crippen LogP contribution in [0.1, 0.15) is 87.4 Å². The van der Waals surface area contributed by atoms with Crippen molar-refractivity contribution in [3.05, 3.63) is 40.1 Å². The summed E-state index contributed by atoms with van der Waals surface area (Å²) in [5.74, 6) is 0.910. The van der Waals surface area contributed by atoms with Crippen LogP contribution in [0.3, 0.4) is 0 Å². The second-order valence-corrected chi connectivity index (χ2v) is 10.0. The number of nitrogens with zero attached hydrogens (tertiary/aromatic N) is 5. The largest absolute Gasteiger partial charge is 0.338 e. The summed E-state index contributed by atoms with van der Waals surface area (Å²) >= 11 is 0. The number of halogens is 2. The van der Waals surface area contributed by atoms with Gasteiger partial charge in [0.25, 0.3) is 6.43 Å². The monoisotopic (exact) mass is 531 g/mol. The number of carbonyl (C=O) groups is 2. The number of piperidine rings is 1. The number of amides is 1. The molecular weight excluding hydrogens is 488 g/mol. The van der Waals surface area contributed by atoms with Gasteiger partial charge in [0.2, 0.25) is 5.91 Å². The van der Waals surface area contributed by atoms with Crippen molar-refractivity contribution in [3.8, 4) is 0 Å². The van der Waals surface area contributed by atoms with E-state index in [0.717, 1.165) is 80.7 Å². The second kappa shape index (κ2) is 13.3. The minimum Gasteiger partial charge on any atom is -0.338 e. The molecule has 7 nitrogen and oxygen atoms in total. The van der Waals surface area contributed by atoms with E-state index in [-0.39, 0.29) is 11.5 Å². The number of carbonyl (C=O) groups excluding carboxylic acids is 2. The molecule has 4 heterocycles. The average molecular weight is 532 g/mol. The molecule has 0 saturated carbocycles. The number of benzene rings is 1. The third-order valence-electron chi connectivity index (χ3n) is 7.62. The van der Waals surface area contributed by atoms with E-state index in [4.69, 9.17) is 9.89 Å². The second-order valence-electron chi connectivity index (χ2n) is 10.0. The van der Waals surface area contributed by atoms with Gasteiger partial charge in [0, 0.05) is 48.9 Å². The van der Waals surface area contributed by atoms with Crippen molar-refractivity contribution in [1.29, 1.82) is 0 Å². The Labute approximate surface area is 225 Å². The van der Waals surface area contributed by atoms with Crippen molar-refractivity contribution >= 4 is 23.7 Å². The summed E-state index contributed by atoms with van der Waals surface area (Å²) in [6.07, 6.45) is 2.96. The molecule has 5 rings (SSSR count). The molecule has 3 aliphatic heterocycles. The van der Waals surface area contributed by atoms with Crippen LogP contribution in [0, 0.1) is 6.92 Å². The van der Waals surface area contributed by atoms with Gasteiger partial charge >= 0.3 is 0 Å². The molecule has 1 amide bonds. The first-order chi connectivity index (χ1) is 18.2. The Hall–Kier alpha value is -2.81. The van der Waals surface area contributed by atoms with Crippen LogP contribution in [0.5, 0.6) is 0 Å². The highest BCUT2D eigenvalue weighted by Crippen LogP contribution is 2.41. The molecule has 2 aromatic rings. The number of hydrogen-bond donors (Lipinski definition) is 0. The van der Waals surface area contributed by atoms with E-state index in [1.807, 2.05) is 24.8 Å². The highest BCUT2D eigenvalue weighted by atomic mass is 19.3. The number of anilines is 2. The summed E-state index contributed by atoms with van der Waals surface area (Å²) in [5.41, 5.74) is 4.98. The molecule has 0 bridgehead atoms. The molecule has 0 radical (unpaired) electrons. The zero-order chi connectivity index (χ0) is 28.0. The number of fused-ring (bicyclic) bond motifs is 2.